The molecule has 2 rings (SSSR count). The van der Waals surface area contributed by atoms with E-state index in [1.165, 1.54) is 7.11 Å². The van der Waals surface area contributed by atoms with Crippen molar-refractivity contribution >= 4 is 5.91 Å². The van der Waals surface area contributed by atoms with Crippen molar-refractivity contribution in [1.82, 2.24) is 10.9 Å². The number of hydrogen-bond donors (Lipinski definition) is 3. The van der Waals surface area contributed by atoms with E-state index in [0.717, 1.165) is 5.56 Å². The SMILES string of the molecule is C#CCOc1ccc(CNNC(=O)C(O)c2ccccc2)cc1OC. The van der Waals surface area contributed by atoms with Crippen molar-refractivity contribution in [2.24, 2.45) is 0 Å². The lowest BCUT2D eigenvalue weighted by molar-refractivity contribution is -0.130. The Morgan fingerprint density at radius 2 is 2.00 bits per heavy atom. The van der Waals surface area contributed by atoms with Crippen LogP contribution in [0.5, 0.6) is 11.5 Å². The lowest BCUT2D eigenvalue weighted by Crippen LogP contribution is -2.39. The van der Waals surface area contributed by atoms with Crippen LogP contribution in [0.4, 0.5) is 0 Å². The zero-order valence-electron chi connectivity index (χ0n) is 13.9. The molecule has 0 saturated heterocycles. The molecule has 25 heavy (non-hydrogen) atoms. The molecule has 6 nitrogen and oxygen atoms in total. The number of amides is 1. The molecule has 1 amide bonds. The maximum Gasteiger partial charge on any atom is 0.267 e. The summed E-state index contributed by atoms with van der Waals surface area (Å²) in [4.78, 5) is 11.9. The van der Waals surface area contributed by atoms with Crippen LogP contribution in [0.15, 0.2) is 48.5 Å². The number of hydrazine groups is 1. The van der Waals surface area contributed by atoms with Crippen molar-refractivity contribution in [3.05, 3.63) is 59.7 Å². The first-order valence-corrected chi connectivity index (χ1v) is 7.64. The van der Waals surface area contributed by atoms with Gasteiger partial charge in [0, 0.05) is 6.54 Å². The second kappa shape index (κ2) is 9.33. The third-order valence-electron chi connectivity index (χ3n) is 3.41. The van der Waals surface area contributed by atoms with E-state index >= 15 is 0 Å². The van der Waals surface area contributed by atoms with Crippen molar-refractivity contribution in [3.63, 3.8) is 0 Å². The van der Waals surface area contributed by atoms with E-state index in [1.807, 2.05) is 12.1 Å². The van der Waals surface area contributed by atoms with Crippen LogP contribution >= 0.6 is 0 Å². The van der Waals surface area contributed by atoms with Crippen molar-refractivity contribution in [2.45, 2.75) is 12.6 Å². The topological polar surface area (TPSA) is 79.8 Å². The standard InChI is InChI=1S/C19H20N2O4/c1-3-11-25-16-10-9-14(12-17(16)24-2)13-20-21-19(23)18(22)15-7-5-4-6-8-15/h1,4-10,12,18,20,22H,11,13H2,2H3,(H,21,23). The fraction of sp³-hybridized carbons (Fsp3) is 0.211. The summed E-state index contributed by atoms with van der Waals surface area (Å²) in [7, 11) is 1.53. The summed E-state index contributed by atoms with van der Waals surface area (Å²) in [5.74, 6) is 2.95. The Balaban J connectivity index is 1.89. The highest BCUT2D eigenvalue weighted by atomic mass is 16.5. The van der Waals surface area contributed by atoms with Crippen LogP contribution in [-0.4, -0.2) is 24.7 Å². The molecule has 0 aliphatic rings. The Bertz CT molecular complexity index is 741. The van der Waals surface area contributed by atoms with Gasteiger partial charge in [0.05, 0.1) is 7.11 Å². The number of aliphatic hydroxyl groups is 1. The fourth-order valence-corrected chi connectivity index (χ4v) is 2.15. The molecule has 1 unspecified atom stereocenters. The van der Waals surface area contributed by atoms with Gasteiger partial charge in [-0.25, -0.2) is 5.43 Å². The van der Waals surface area contributed by atoms with Gasteiger partial charge in [0.25, 0.3) is 5.91 Å². The molecule has 130 valence electrons. The quantitative estimate of drug-likeness (QED) is 0.502. The summed E-state index contributed by atoms with van der Waals surface area (Å²) < 4.78 is 10.6. The van der Waals surface area contributed by atoms with Gasteiger partial charge in [-0.15, -0.1) is 6.42 Å². The fourth-order valence-electron chi connectivity index (χ4n) is 2.15. The first-order valence-electron chi connectivity index (χ1n) is 7.64. The van der Waals surface area contributed by atoms with Crippen LogP contribution in [-0.2, 0) is 11.3 Å². The summed E-state index contributed by atoms with van der Waals surface area (Å²) in [5.41, 5.74) is 6.64. The Labute approximate surface area is 146 Å². The number of terminal acetylenes is 1. The van der Waals surface area contributed by atoms with Crippen LogP contribution in [0.1, 0.15) is 17.2 Å². The summed E-state index contributed by atoms with van der Waals surface area (Å²) in [6, 6.07) is 14.0. The van der Waals surface area contributed by atoms with E-state index in [4.69, 9.17) is 15.9 Å². The van der Waals surface area contributed by atoms with E-state index in [1.54, 1.807) is 36.4 Å². The highest BCUT2D eigenvalue weighted by Gasteiger charge is 2.16. The Kier molecular flexibility index (Phi) is 6.84. The smallest absolute Gasteiger partial charge is 0.267 e. The summed E-state index contributed by atoms with van der Waals surface area (Å²) in [5, 5.41) is 9.98. The molecule has 0 spiro atoms. The molecule has 1 atom stereocenters. The van der Waals surface area contributed by atoms with E-state index in [2.05, 4.69) is 16.8 Å². The molecule has 2 aromatic rings. The van der Waals surface area contributed by atoms with Gasteiger partial charge in [0.1, 0.15) is 6.61 Å². The van der Waals surface area contributed by atoms with Crippen molar-refractivity contribution < 1.29 is 19.4 Å². The van der Waals surface area contributed by atoms with Crippen molar-refractivity contribution in [1.29, 1.82) is 0 Å². The predicted octanol–water partition coefficient (Wildman–Crippen LogP) is 1.56. The van der Waals surface area contributed by atoms with Gasteiger partial charge >= 0.3 is 0 Å². The molecule has 2 aromatic carbocycles. The molecule has 0 bridgehead atoms. The van der Waals surface area contributed by atoms with E-state index in [-0.39, 0.29) is 6.61 Å². The van der Waals surface area contributed by atoms with Gasteiger partial charge in [-0.1, -0.05) is 42.3 Å². The Morgan fingerprint density at radius 3 is 2.68 bits per heavy atom. The molecule has 0 aromatic heterocycles. The zero-order chi connectivity index (χ0) is 18.1. The monoisotopic (exact) mass is 340 g/mol. The molecule has 3 N–H and O–H groups in total. The number of aliphatic hydroxyl groups excluding tert-OH is 1. The molecule has 0 fully saturated rings. The minimum Gasteiger partial charge on any atom is -0.493 e. The molecule has 0 saturated carbocycles. The van der Waals surface area contributed by atoms with E-state index in [9.17, 15) is 9.90 Å². The number of benzene rings is 2. The normalized spacial score (nSPS) is 11.2. The van der Waals surface area contributed by atoms with Crippen molar-refractivity contribution in [2.75, 3.05) is 13.7 Å². The first kappa shape index (κ1) is 18.3. The minimum atomic E-state index is -1.23. The summed E-state index contributed by atoms with van der Waals surface area (Å²) in [6.45, 7) is 0.500. The van der Waals surface area contributed by atoms with Gasteiger partial charge < -0.3 is 14.6 Å². The number of ether oxygens (including phenoxy) is 2. The van der Waals surface area contributed by atoms with Gasteiger partial charge in [-0.05, 0) is 23.3 Å². The van der Waals surface area contributed by atoms with E-state index < -0.39 is 12.0 Å². The van der Waals surface area contributed by atoms with Crippen LogP contribution < -0.4 is 20.3 Å². The summed E-state index contributed by atoms with van der Waals surface area (Å²) >= 11 is 0. The number of carbonyl (C=O) groups is 1. The van der Waals surface area contributed by atoms with Gasteiger partial charge in [0.15, 0.2) is 17.6 Å². The number of methoxy groups -OCH3 is 1. The third-order valence-corrected chi connectivity index (χ3v) is 3.41. The Morgan fingerprint density at radius 1 is 1.24 bits per heavy atom. The highest BCUT2D eigenvalue weighted by Crippen LogP contribution is 2.27. The van der Waals surface area contributed by atoms with Crippen LogP contribution in [0, 0.1) is 12.3 Å². The first-order chi connectivity index (χ1) is 12.2. The molecule has 0 aliphatic heterocycles. The average Bonchev–Trinajstić information content (AvgIpc) is 2.66. The number of hydrogen-bond acceptors (Lipinski definition) is 5. The van der Waals surface area contributed by atoms with Crippen LogP contribution in [0.2, 0.25) is 0 Å². The van der Waals surface area contributed by atoms with Crippen molar-refractivity contribution in [3.8, 4) is 23.8 Å². The largest absolute Gasteiger partial charge is 0.493 e. The van der Waals surface area contributed by atoms with Gasteiger partial charge in [-0.3, -0.25) is 10.2 Å². The lowest BCUT2D eigenvalue weighted by Gasteiger charge is -2.14. The molecule has 0 aliphatic carbocycles. The van der Waals surface area contributed by atoms with E-state index in [0.29, 0.717) is 23.6 Å². The maximum atomic E-state index is 11.9. The summed E-state index contributed by atoms with van der Waals surface area (Å²) in [6.07, 6.45) is 3.94. The average molecular weight is 340 g/mol. The van der Waals surface area contributed by atoms with Crippen LogP contribution in [0.3, 0.4) is 0 Å². The van der Waals surface area contributed by atoms with Gasteiger partial charge in [0.2, 0.25) is 0 Å². The molecular formula is C19H20N2O4. The second-order valence-electron chi connectivity index (χ2n) is 5.13. The zero-order valence-corrected chi connectivity index (χ0v) is 13.9. The van der Waals surface area contributed by atoms with Crippen LogP contribution in [0.25, 0.3) is 0 Å². The predicted molar refractivity (Wildman–Crippen MR) is 93.7 cm³/mol. The minimum absolute atomic E-state index is 0.154. The highest BCUT2D eigenvalue weighted by molar-refractivity contribution is 5.81. The number of carbonyl (C=O) groups excluding carboxylic acids is 1. The lowest BCUT2D eigenvalue weighted by atomic mass is 10.1. The van der Waals surface area contributed by atoms with Gasteiger partial charge in [-0.2, -0.15) is 0 Å². The maximum absolute atomic E-state index is 11.9. The molecular weight excluding hydrogens is 320 g/mol. The molecule has 0 heterocycles. The number of rotatable bonds is 8. The number of nitrogens with one attached hydrogen (secondary N) is 2. The molecule has 0 radical (unpaired) electrons. The Hall–Kier alpha value is -3.01. The molecule has 6 heteroatoms. The second-order valence-corrected chi connectivity index (χ2v) is 5.13. The third kappa shape index (κ3) is 5.24.